The van der Waals surface area contributed by atoms with Crippen LogP contribution in [0.3, 0.4) is 0 Å². The molecule has 0 saturated carbocycles. The first-order valence-corrected chi connectivity index (χ1v) is 5.05. The van der Waals surface area contributed by atoms with E-state index in [0.717, 1.165) is 12.8 Å². The SMILES string of the molecule is CCCCOC(CC(C)C(N)=O)OC. The molecule has 0 aromatic carbocycles. The van der Waals surface area contributed by atoms with Gasteiger partial charge in [-0.1, -0.05) is 20.3 Å². The molecule has 0 fully saturated rings. The molecule has 0 radical (unpaired) electrons. The Bertz CT molecular complexity index is 161. The fourth-order valence-corrected chi connectivity index (χ4v) is 0.996. The molecule has 4 heteroatoms. The van der Waals surface area contributed by atoms with Crippen molar-refractivity contribution in [3.63, 3.8) is 0 Å². The largest absolute Gasteiger partial charge is 0.369 e. The number of carbonyl (C=O) groups excluding carboxylic acids is 1. The van der Waals surface area contributed by atoms with Crippen molar-refractivity contribution in [1.82, 2.24) is 0 Å². The Morgan fingerprint density at radius 3 is 2.57 bits per heavy atom. The molecule has 0 aliphatic carbocycles. The van der Waals surface area contributed by atoms with Gasteiger partial charge in [0, 0.05) is 26.1 Å². The van der Waals surface area contributed by atoms with E-state index < -0.39 is 0 Å². The van der Waals surface area contributed by atoms with Crippen LogP contribution in [0.4, 0.5) is 0 Å². The molecule has 2 atom stereocenters. The molecule has 2 N–H and O–H groups in total. The summed E-state index contributed by atoms with van der Waals surface area (Å²) in [6.45, 7) is 4.54. The van der Waals surface area contributed by atoms with Crippen LogP contribution in [-0.2, 0) is 14.3 Å². The summed E-state index contributed by atoms with van der Waals surface area (Å²) in [5, 5.41) is 0. The number of unbranched alkanes of at least 4 members (excludes halogenated alkanes) is 1. The van der Waals surface area contributed by atoms with Crippen molar-refractivity contribution in [2.45, 2.75) is 39.4 Å². The summed E-state index contributed by atoms with van der Waals surface area (Å²) < 4.78 is 10.5. The van der Waals surface area contributed by atoms with Gasteiger partial charge < -0.3 is 15.2 Å². The predicted molar refractivity (Wildman–Crippen MR) is 54.6 cm³/mol. The normalized spacial score (nSPS) is 15.1. The summed E-state index contributed by atoms with van der Waals surface area (Å²) in [6.07, 6.45) is 2.30. The topological polar surface area (TPSA) is 61.5 Å². The number of hydrogen-bond donors (Lipinski definition) is 1. The number of carbonyl (C=O) groups is 1. The second-order valence-corrected chi connectivity index (χ2v) is 3.43. The van der Waals surface area contributed by atoms with E-state index in [1.807, 2.05) is 0 Å². The van der Waals surface area contributed by atoms with Crippen LogP contribution in [0.15, 0.2) is 0 Å². The zero-order valence-electron chi connectivity index (χ0n) is 9.29. The number of amides is 1. The Morgan fingerprint density at radius 1 is 1.50 bits per heavy atom. The van der Waals surface area contributed by atoms with Crippen molar-refractivity contribution in [3.05, 3.63) is 0 Å². The molecule has 2 unspecified atom stereocenters. The zero-order chi connectivity index (χ0) is 11.0. The lowest BCUT2D eigenvalue weighted by Crippen LogP contribution is -2.27. The van der Waals surface area contributed by atoms with E-state index in [0.29, 0.717) is 13.0 Å². The summed E-state index contributed by atoms with van der Waals surface area (Å²) in [6, 6.07) is 0. The standard InChI is InChI=1S/C10H21NO3/c1-4-5-6-14-9(13-3)7-8(2)10(11)12/h8-9H,4-7H2,1-3H3,(H2,11,12). The van der Waals surface area contributed by atoms with Crippen LogP contribution in [0.25, 0.3) is 0 Å². The molecule has 0 aliphatic heterocycles. The van der Waals surface area contributed by atoms with Gasteiger partial charge in [0.05, 0.1) is 0 Å². The highest BCUT2D eigenvalue weighted by atomic mass is 16.7. The van der Waals surface area contributed by atoms with Crippen molar-refractivity contribution in [2.24, 2.45) is 11.7 Å². The van der Waals surface area contributed by atoms with Crippen molar-refractivity contribution in [1.29, 1.82) is 0 Å². The van der Waals surface area contributed by atoms with Crippen molar-refractivity contribution >= 4 is 5.91 Å². The number of primary amides is 1. The Labute approximate surface area is 85.8 Å². The van der Waals surface area contributed by atoms with E-state index in [1.165, 1.54) is 0 Å². The molecular formula is C10H21NO3. The number of ether oxygens (including phenoxy) is 2. The average molecular weight is 203 g/mol. The highest BCUT2D eigenvalue weighted by molar-refractivity contribution is 5.76. The first-order valence-electron chi connectivity index (χ1n) is 5.05. The quantitative estimate of drug-likeness (QED) is 0.477. The Morgan fingerprint density at radius 2 is 2.14 bits per heavy atom. The van der Waals surface area contributed by atoms with E-state index in [2.05, 4.69) is 6.92 Å². The molecule has 0 aromatic heterocycles. The minimum Gasteiger partial charge on any atom is -0.369 e. The van der Waals surface area contributed by atoms with Crippen molar-refractivity contribution in [3.8, 4) is 0 Å². The highest BCUT2D eigenvalue weighted by Gasteiger charge is 2.16. The van der Waals surface area contributed by atoms with Crippen molar-refractivity contribution in [2.75, 3.05) is 13.7 Å². The lowest BCUT2D eigenvalue weighted by atomic mass is 10.1. The fraction of sp³-hybridized carbons (Fsp3) is 0.900. The molecule has 0 spiro atoms. The van der Waals surface area contributed by atoms with E-state index in [4.69, 9.17) is 15.2 Å². The molecule has 0 bridgehead atoms. The fourth-order valence-electron chi connectivity index (χ4n) is 0.996. The zero-order valence-corrected chi connectivity index (χ0v) is 9.29. The van der Waals surface area contributed by atoms with E-state index in [9.17, 15) is 4.79 Å². The molecule has 4 nitrogen and oxygen atoms in total. The summed E-state index contributed by atoms with van der Waals surface area (Å²) in [5.74, 6) is -0.521. The lowest BCUT2D eigenvalue weighted by Gasteiger charge is -2.18. The Hall–Kier alpha value is -0.610. The smallest absolute Gasteiger partial charge is 0.220 e. The molecule has 14 heavy (non-hydrogen) atoms. The second-order valence-electron chi connectivity index (χ2n) is 3.43. The van der Waals surface area contributed by atoms with Crippen LogP contribution in [0.2, 0.25) is 0 Å². The molecule has 0 saturated heterocycles. The number of nitrogens with two attached hydrogens (primary N) is 1. The third-order valence-corrected chi connectivity index (χ3v) is 2.10. The van der Waals surface area contributed by atoms with Gasteiger partial charge in [-0.3, -0.25) is 4.79 Å². The number of rotatable bonds is 8. The minimum absolute atomic E-state index is 0.207. The van der Waals surface area contributed by atoms with Crippen LogP contribution >= 0.6 is 0 Å². The predicted octanol–water partition coefficient (Wildman–Crippen LogP) is 1.29. The lowest BCUT2D eigenvalue weighted by molar-refractivity contribution is -0.143. The molecule has 0 aliphatic rings. The van der Waals surface area contributed by atoms with Crippen LogP contribution in [0.5, 0.6) is 0 Å². The van der Waals surface area contributed by atoms with Gasteiger partial charge in [-0.25, -0.2) is 0 Å². The first kappa shape index (κ1) is 13.4. The third kappa shape index (κ3) is 5.94. The molecule has 0 aromatic rings. The van der Waals surface area contributed by atoms with Gasteiger partial charge in [-0.2, -0.15) is 0 Å². The average Bonchev–Trinajstić information content (AvgIpc) is 2.16. The van der Waals surface area contributed by atoms with Crippen LogP contribution in [0.1, 0.15) is 33.1 Å². The first-order chi connectivity index (χ1) is 6.61. The Kier molecular flexibility index (Phi) is 7.42. The molecule has 1 amide bonds. The molecular weight excluding hydrogens is 182 g/mol. The highest BCUT2D eigenvalue weighted by Crippen LogP contribution is 2.09. The van der Waals surface area contributed by atoms with E-state index >= 15 is 0 Å². The van der Waals surface area contributed by atoms with Gasteiger partial charge in [0.2, 0.25) is 5.91 Å². The summed E-state index contributed by atoms with van der Waals surface area (Å²) >= 11 is 0. The maximum Gasteiger partial charge on any atom is 0.220 e. The summed E-state index contributed by atoms with van der Waals surface area (Å²) in [7, 11) is 1.57. The second kappa shape index (κ2) is 7.76. The maximum absolute atomic E-state index is 10.8. The Balaban J connectivity index is 3.72. The molecule has 84 valence electrons. The van der Waals surface area contributed by atoms with Crippen LogP contribution in [-0.4, -0.2) is 25.9 Å². The van der Waals surface area contributed by atoms with Gasteiger partial charge in [0.25, 0.3) is 0 Å². The van der Waals surface area contributed by atoms with E-state index in [-0.39, 0.29) is 18.1 Å². The van der Waals surface area contributed by atoms with Crippen LogP contribution < -0.4 is 5.73 Å². The van der Waals surface area contributed by atoms with Crippen molar-refractivity contribution < 1.29 is 14.3 Å². The minimum atomic E-state index is -0.316. The monoisotopic (exact) mass is 203 g/mol. The third-order valence-electron chi connectivity index (χ3n) is 2.10. The summed E-state index contributed by atoms with van der Waals surface area (Å²) in [5.41, 5.74) is 5.14. The van der Waals surface area contributed by atoms with Gasteiger partial charge >= 0.3 is 0 Å². The van der Waals surface area contributed by atoms with Crippen LogP contribution in [0, 0.1) is 5.92 Å². The van der Waals surface area contributed by atoms with E-state index in [1.54, 1.807) is 14.0 Å². The molecule has 0 heterocycles. The maximum atomic E-state index is 10.8. The van der Waals surface area contributed by atoms with Gasteiger partial charge in [0.15, 0.2) is 6.29 Å². The molecule has 0 rings (SSSR count). The van der Waals surface area contributed by atoms with Gasteiger partial charge in [0.1, 0.15) is 0 Å². The van der Waals surface area contributed by atoms with Gasteiger partial charge in [-0.05, 0) is 6.42 Å². The number of methoxy groups -OCH3 is 1. The summed E-state index contributed by atoms with van der Waals surface area (Å²) in [4.78, 5) is 10.8. The van der Waals surface area contributed by atoms with Gasteiger partial charge in [-0.15, -0.1) is 0 Å². The number of hydrogen-bond acceptors (Lipinski definition) is 3.